The van der Waals surface area contributed by atoms with Gasteiger partial charge in [0.25, 0.3) is 23.4 Å². The fourth-order valence-electron chi connectivity index (χ4n) is 4.69. The number of esters is 1. The summed E-state index contributed by atoms with van der Waals surface area (Å²) in [5.41, 5.74) is 0.862. The number of anilines is 2. The Morgan fingerprint density at radius 1 is 0.769 bits per heavy atom. The standard InChI is InChI=1S/C17H15BrClFN2O4.C15H11BrClFN2O4.Li.H2O/c1-4-26-17(25)14(23)12-8(2)13(22(3)15(12)19)16(24)21-9-5-6-11(20)10(18)7-9;1-6-10(12(21)15(23)24)13(17)20(2)11(6)14(22)19-7-3-4-9(18)8(16)5-7;;/h5-7H,4H2,1-3H3,(H,21,24);3-5H,1-2H3,(H,19,22)(H,23,24);;1H2/q;;+1;/p-1. The number of carboxylic acids is 1. The Balaban J connectivity index is 0.000000502. The molecule has 52 heavy (non-hydrogen) atoms. The van der Waals surface area contributed by atoms with E-state index in [0.29, 0.717) is 11.4 Å². The van der Waals surface area contributed by atoms with Gasteiger partial charge in [-0.1, -0.05) is 23.2 Å². The number of benzene rings is 2. The van der Waals surface area contributed by atoms with Crippen LogP contribution in [-0.2, 0) is 28.4 Å². The van der Waals surface area contributed by atoms with E-state index in [1.165, 1.54) is 73.5 Å². The van der Waals surface area contributed by atoms with Crippen LogP contribution >= 0.6 is 55.1 Å². The van der Waals surface area contributed by atoms with E-state index in [1.807, 2.05) is 0 Å². The van der Waals surface area contributed by atoms with Crippen LogP contribution in [0.2, 0.25) is 10.3 Å². The van der Waals surface area contributed by atoms with Crippen molar-refractivity contribution < 1.29 is 71.7 Å². The van der Waals surface area contributed by atoms with E-state index in [4.69, 9.17) is 33.0 Å². The first-order valence-corrected chi connectivity index (χ1v) is 16.4. The summed E-state index contributed by atoms with van der Waals surface area (Å²) in [6.45, 7) is 4.55. The van der Waals surface area contributed by atoms with E-state index in [0.717, 1.165) is 0 Å². The van der Waals surface area contributed by atoms with Crippen LogP contribution in [0.4, 0.5) is 20.2 Å². The van der Waals surface area contributed by atoms with Crippen molar-refractivity contribution in [3.05, 3.63) is 101 Å². The summed E-state index contributed by atoms with van der Waals surface area (Å²) in [4.78, 5) is 71.7. The SMILES string of the molecule is CCOC(=O)C(=O)c1c(C)c(C(=O)Nc2ccc(F)c(Br)c2)n(C)c1Cl.Cc1c(C(=O)C(=O)O)c(Cl)n(C)c1C(=O)Nc1ccc(F)c(Br)c1.[Li+].[OH-]. The van der Waals surface area contributed by atoms with Crippen LogP contribution in [0.5, 0.6) is 0 Å². The van der Waals surface area contributed by atoms with Crippen LogP contribution in [0.15, 0.2) is 45.3 Å². The molecule has 4 N–H and O–H groups in total. The van der Waals surface area contributed by atoms with Crippen molar-refractivity contribution in [2.45, 2.75) is 20.8 Å². The monoisotopic (exact) mass is 884 g/mol. The number of amides is 2. The summed E-state index contributed by atoms with van der Waals surface area (Å²) in [5, 5.41) is 13.8. The van der Waals surface area contributed by atoms with Crippen LogP contribution in [0.1, 0.15) is 59.7 Å². The Labute approximate surface area is 333 Å². The van der Waals surface area contributed by atoms with E-state index < -0.39 is 47.0 Å². The molecule has 2 aromatic heterocycles. The molecule has 20 heteroatoms. The Morgan fingerprint density at radius 3 is 1.46 bits per heavy atom. The smallest absolute Gasteiger partial charge is 0.870 e. The minimum atomic E-state index is -1.67. The molecule has 0 spiro atoms. The third-order valence-electron chi connectivity index (χ3n) is 7.03. The van der Waals surface area contributed by atoms with Gasteiger partial charge in [-0.2, -0.15) is 0 Å². The van der Waals surface area contributed by atoms with E-state index in [2.05, 4.69) is 42.5 Å². The van der Waals surface area contributed by atoms with Crippen LogP contribution in [0, 0.1) is 25.5 Å². The minimum absolute atomic E-state index is 0. The number of aliphatic carboxylic acids is 1. The number of hydrogen-bond donors (Lipinski definition) is 3. The first-order valence-electron chi connectivity index (χ1n) is 14.0. The maximum Gasteiger partial charge on any atom is 1.00 e. The van der Waals surface area contributed by atoms with E-state index in [9.17, 15) is 37.5 Å². The van der Waals surface area contributed by atoms with Gasteiger partial charge in [0.1, 0.15) is 33.3 Å². The Kier molecular flexibility index (Phi) is 17.2. The molecule has 13 nitrogen and oxygen atoms in total. The summed E-state index contributed by atoms with van der Waals surface area (Å²) in [6.07, 6.45) is 0. The number of hydrogen-bond acceptors (Lipinski definition) is 8. The molecule has 0 saturated heterocycles. The molecule has 2 amide bonds. The first kappa shape index (κ1) is 46.2. The molecule has 0 saturated carbocycles. The largest absolute Gasteiger partial charge is 1.00 e. The summed E-state index contributed by atoms with van der Waals surface area (Å²) in [6, 6.07) is 7.89. The summed E-state index contributed by atoms with van der Waals surface area (Å²) >= 11 is 18.2. The number of carbonyl (C=O) groups is 6. The van der Waals surface area contributed by atoms with Crippen molar-refractivity contribution in [3.8, 4) is 0 Å². The molecular weight excluding hydrogens is 860 g/mol. The van der Waals surface area contributed by atoms with Gasteiger partial charge in [-0.3, -0.25) is 19.2 Å². The molecule has 0 aliphatic heterocycles. The van der Waals surface area contributed by atoms with Gasteiger partial charge in [-0.25, -0.2) is 18.4 Å². The fraction of sp³-hybridized carbons (Fsp3) is 0.188. The Morgan fingerprint density at radius 2 is 1.13 bits per heavy atom. The molecule has 0 radical (unpaired) electrons. The van der Waals surface area contributed by atoms with Crippen molar-refractivity contribution >= 4 is 102 Å². The maximum absolute atomic E-state index is 13.3. The number of ether oxygens (including phenoxy) is 1. The van der Waals surface area contributed by atoms with Crippen LogP contribution in [0.25, 0.3) is 0 Å². The third-order valence-corrected chi connectivity index (χ3v) is 9.13. The second-order valence-electron chi connectivity index (χ2n) is 10.2. The number of Topliss-reactive ketones (excluding diaryl/α,β-unsaturated/α-hetero) is 2. The zero-order chi connectivity index (χ0) is 37.8. The van der Waals surface area contributed by atoms with Crippen molar-refractivity contribution in [3.63, 3.8) is 0 Å². The number of nitrogens with zero attached hydrogens (tertiary/aromatic N) is 2. The number of nitrogens with one attached hydrogen (secondary N) is 2. The van der Waals surface area contributed by atoms with Gasteiger partial charge in [0.15, 0.2) is 0 Å². The number of rotatable bonds is 9. The van der Waals surface area contributed by atoms with Gasteiger partial charge in [0.05, 0.1) is 26.7 Å². The summed E-state index contributed by atoms with van der Waals surface area (Å²) in [7, 11) is 2.93. The zero-order valence-electron chi connectivity index (χ0n) is 28.1. The van der Waals surface area contributed by atoms with Crippen LogP contribution < -0.4 is 29.5 Å². The molecule has 0 unspecified atom stereocenters. The van der Waals surface area contributed by atoms with E-state index in [-0.39, 0.29) is 83.8 Å². The molecule has 4 aromatic rings. The van der Waals surface area contributed by atoms with Gasteiger partial charge in [0, 0.05) is 25.5 Å². The van der Waals surface area contributed by atoms with Gasteiger partial charge in [0.2, 0.25) is 0 Å². The van der Waals surface area contributed by atoms with Crippen molar-refractivity contribution in [1.82, 2.24) is 9.13 Å². The molecule has 0 atom stereocenters. The summed E-state index contributed by atoms with van der Waals surface area (Å²) < 4.78 is 34.1. The topological polar surface area (TPSA) is 196 Å². The van der Waals surface area contributed by atoms with Crippen molar-refractivity contribution in [2.75, 3.05) is 17.2 Å². The quantitative estimate of drug-likeness (QED) is 0.0959. The summed E-state index contributed by atoms with van der Waals surface area (Å²) in [5.74, 6) is -6.96. The molecule has 4 rings (SSSR count). The average molecular weight is 887 g/mol. The van der Waals surface area contributed by atoms with E-state index >= 15 is 0 Å². The van der Waals surface area contributed by atoms with Gasteiger partial charge >= 0.3 is 30.8 Å². The average Bonchev–Trinajstić information content (AvgIpc) is 3.41. The van der Waals surface area contributed by atoms with Crippen molar-refractivity contribution in [2.24, 2.45) is 14.1 Å². The Bertz CT molecular complexity index is 2090. The number of carboxylic acid groups (broad SMARTS) is 1. The molecule has 2 heterocycles. The number of ketones is 2. The number of carbonyl (C=O) groups excluding carboxylic acids is 5. The second-order valence-corrected chi connectivity index (χ2v) is 12.7. The molecule has 0 fully saturated rings. The molecule has 0 bridgehead atoms. The molecule has 272 valence electrons. The molecular formula is C32H27Br2Cl2F2LiN4O9. The molecule has 0 aliphatic carbocycles. The Hall–Kier alpha value is -3.82. The van der Waals surface area contributed by atoms with Crippen LogP contribution in [0.3, 0.4) is 0 Å². The minimum Gasteiger partial charge on any atom is -0.870 e. The van der Waals surface area contributed by atoms with Gasteiger partial charge in [-0.05, 0) is 100 Å². The van der Waals surface area contributed by atoms with Gasteiger partial charge < -0.3 is 35.1 Å². The second kappa shape index (κ2) is 19.3. The molecule has 2 aromatic carbocycles. The zero-order valence-corrected chi connectivity index (χ0v) is 32.8. The number of halogens is 6. The van der Waals surface area contributed by atoms with Crippen molar-refractivity contribution in [1.29, 1.82) is 0 Å². The fourth-order valence-corrected chi connectivity index (χ4v) is 6.07. The van der Waals surface area contributed by atoms with E-state index in [1.54, 1.807) is 6.92 Å². The maximum atomic E-state index is 13.3. The third kappa shape index (κ3) is 9.98. The number of aromatic nitrogens is 2. The predicted octanol–water partition coefficient (Wildman–Crippen LogP) is 4.12. The molecule has 0 aliphatic rings. The predicted molar refractivity (Wildman–Crippen MR) is 189 cm³/mol. The first-order chi connectivity index (χ1) is 23.3. The van der Waals surface area contributed by atoms with Crippen LogP contribution in [-0.4, -0.2) is 61.6 Å². The normalized spacial score (nSPS) is 10.1. The van der Waals surface area contributed by atoms with Gasteiger partial charge in [-0.15, -0.1) is 0 Å².